The summed E-state index contributed by atoms with van der Waals surface area (Å²) in [4.78, 5) is 0. The van der Waals surface area contributed by atoms with Gasteiger partial charge in [-0.15, -0.1) is 0 Å². The largest absolute Gasteiger partial charge is 0.508 e. The zero-order chi connectivity index (χ0) is 9.26. The first-order valence-corrected chi connectivity index (χ1v) is 4.71. The summed E-state index contributed by atoms with van der Waals surface area (Å²) in [6.07, 6.45) is 2.75. The molecule has 0 spiro atoms. The molecule has 0 aliphatic heterocycles. The van der Waals surface area contributed by atoms with Crippen LogP contribution in [0.4, 0.5) is 0 Å². The van der Waals surface area contributed by atoms with Gasteiger partial charge in [0.1, 0.15) is 5.75 Å². The third kappa shape index (κ3) is 2.22. The molecular weight excluding hydrogens is 164 g/mol. The van der Waals surface area contributed by atoms with Crippen molar-refractivity contribution in [1.29, 1.82) is 0 Å². The summed E-state index contributed by atoms with van der Waals surface area (Å²) < 4.78 is 0. The molecule has 0 aromatic heterocycles. The van der Waals surface area contributed by atoms with E-state index < -0.39 is 0 Å². The van der Waals surface area contributed by atoms with Gasteiger partial charge in [0.2, 0.25) is 0 Å². The van der Waals surface area contributed by atoms with Gasteiger partial charge in [-0.1, -0.05) is 12.1 Å². The molecule has 1 fully saturated rings. The van der Waals surface area contributed by atoms with Crippen LogP contribution in [0.1, 0.15) is 18.4 Å². The molecule has 0 amide bonds. The first-order chi connectivity index (χ1) is 6.25. The van der Waals surface area contributed by atoms with Gasteiger partial charge in [-0.3, -0.25) is 0 Å². The topological polar surface area (TPSA) is 40.5 Å². The Morgan fingerprint density at radius 3 is 2.77 bits per heavy atom. The normalized spacial score (nSPS) is 18.5. The number of benzene rings is 1. The smallest absolute Gasteiger partial charge is 0.115 e. The third-order valence-electron chi connectivity index (χ3n) is 2.52. The minimum Gasteiger partial charge on any atom is -0.508 e. The van der Waals surface area contributed by atoms with Crippen molar-refractivity contribution < 1.29 is 10.2 Å². The summed E-state index contributed by atoms with van der Waals surface area (Å²) >= 11 is 0. The van der Waals surface area contributed by atoms with E-state index in [4.69, 9.17) is 0 Å². The molecule has 2 rings (SSSR count). The number of hydrogen-bond acceptors (Lipinski definition) is 2. The van der Waals surface area contributed by atoms with Crippen molar-refractivity contribution in [3.05, 3.63) is 29.8 Å². The second-order valence-electron chi connectivity index (χ2n) is 3.78. The Morgan fingerprint density at radius 2 is 2.15 bits per heavy atom. The van der Waals surface area contributed by atoms with Crippen molar-refractivity contribution in [2.24, 2.45) is 5.92 Å². The Labute approximate surface area is 77.8 Å². The van der Waals surface area contributed by atoms with Gasteiger partial charge in [0.15, 0.2) is 0 Å². The first kappa shape index (κ1) is 8.57. The van der Waals surface area contributed by atoms with Gasteiger partial charge in [-0.25, -0.2) is 0 Å². The summed E-state index contributed by atoms with van der Waals surface area (Å²) in [6.45, 7) is 0. The van der Waals surface area contributed by atoms with Crippen LogP contribution < -0.4 is 0 Å². The van der Waals surface area contributed by atoms with E-state index in [1.165, 1.54) is 0 Å². The quantitative estimate of drug-likeness (QED) is 0.739. The predicted molar refractivity (Wildman–Crippen MR) is 50.5 cm³/mol. The van der Waals surface area contributed by atoms with Crippen LogP contribution in [0.5, 0.6) is 5.75 Å². The number of hydrogen-bond donors (Lipinski definition) is 2. The van der Waals surface area contributed by atoms with Gasteiger partial charge < -0.3 is 10.2 Å². The van der Waals surface area contributed by atoms with Crippen LogP contribution in [0.3, 0.4) is 0 Å². The molecule has 0 saturated heterocycles. The Balaban J connectivity index is 2.00. The highest BCUT2D eigenvalue weighted by Crippen LogP contribution is 2.34. The number of rotatable bonds is 3. The van der Waals surface area contributed by atoms with Gasteiger partial charge in [-0.2, -0.15) is 0 Å². The predicted octanol–water partition coefficient (Wildman–Crippen LogP) is 1.71. The molecule has 2 nitrogen and oxygen atoms in total. The van der Waals surface area contributed by atoms with Crippen molar-refractivity contribution >= 4 is 0 Å². The van der Waals surface area contributed by atoms with E-state index in [0.29, 0.717) is 12.3 Å². The summed E-state index contributed by atoms with van der Waals surface area (Å²) in [5.74, 6) is 0.780. The minimum absolute atomic E-state index is 0.221. The van der Waals surface area contributed by atoms with Gasteiger partial charge in [0, 0.05) is 0 Å². The van der Waals surface area contributed by atoms with Crippen LogP contribution in [0.25, 0.3) is 0 Å². The number of phenolic OH excluding ortho intramolecular Hbond substituents is 1. The van der Waals surface area contributed by atoms with Crippen LogP contribution in [0.15, 0.2) is 24.3 Å². The monoisotopic (exact) mass is 178 g/mol. The fourth-order valence-electron chi connectivity index (χ4n) is 1.57. The Bertz CT molecular complexity index is 292. The van der Waals surface area contributed by atoms with E-state index in [1.54, 1.807) is 12.1 Å². The molecular formula is C11H14O2. The van der Waals surface area contributed by atoms with Crippen molar-refractivity contribution in [2.45, 2.75) is 25.4 Å². The van der Waals surface area contributed by atoms with E-state index in [2.05, 4.69) is 0 Å². The van der Waals surface area contributed by atoms with Gasteiger partial charge in [-0.05, 0) is 42.9 Å². The Kier molecular flexibility index (Phi) is 2.23. The molecule has 1 saturated carbocycles. The van der Waals surface area contributed by atoms with E-state index in [0.717, 1.165) is 18.4 Å². The van der Waals surface area contributed by atoms with Gasteiger partial charge in [0.25, 0.3) is 0 Å². The Hall–Kier alpha value is -1.02. The standard InChI is InChI=1S/C11H14O2/c12-10-3-1-2-8(6-10)7-11(13)9-4-5-9/h1-3,6,9,11-13H,4-5,7H2. The minimum atomic E-state index is -0.221. The zero-order valence-corrected chi connectivity index (χ0v) is 7.48. The molecule has 1 aliphatic carbocycles. The second-order valence-corrected chi connectivity index (χ2v) is 3.78. The molecule has 1 aliphatic rings. The Morgan fingerprint density at radius 1 is 1.38 bits per heavy atom. The molecule has 1 atom stereocenters. The van der Waals surface area contributed by atoms with Crippen LogP contribution in [-0.2, 0) is 6.42 Å². The summed E-state index contributed by atoms with van der Waals surface area (Å²) in [6, 6.07) is 7.11. The highest BCUT2D eigenvalue weighted by Gasteiger charge is 2.29. The van der Waals surface area contributed by atoms with Gasteiger partial charge in [0.05, 0.1) is 6.10 Å². The number of phenols is 1. The SMILES string of the molecule is Oc1cccc(CC(O)C2CC2)c1. The summed E-state index contributed by atoms with van der Waals surface area (Å²) in [5.41, 5.74) is 1.01. The molecule has 1 aromatic rings. The average Bonchev–Trinajstić information content (AvgIpc) is 2.85. The molecule has 1 aromatic carbocycles. The second kappa shape index (κ2) is 3.38. The number of aromatic hydroxyl groups is 1. The first-order valence-electron chi connectivity index (χ1n) is 4.71. The lowest BCUT2D eigenvalue weighted by Crippen LogP contribution is -2.12. The van der Waals surface area contributed by atoms with E-state index in [-0.39, 0.29) is 11.9 Å². The average molecular weight is 178 g/mol. The fraction of sp³-hybridized carbons (Fsp3) is 0.455. The third-order valence-corrected chi connectivity index (χ3v) is 2.52. The van der Waals surface area contributed by atoms with Crippen LogP contribution in [0.2, 0.25) is 0 Å². The molecule has 0 radical (unpaired) electrons. The summed E-state index contributed by atoms with van der Waals surface area (Å²) in [7, 11) is 0. The maximum atomic E-state index is 9.65. The number of aliphatic hydroxyl groups excluding tert-OH is 1. The number of aliphatic hydroxyl groups is 1. The highest BCUT2D eigenvalue weighted by molar-refractivity contribution is 5.27. The van der Waals surface area contributed by atoms with E-state index in [1.807, 2.05) is 12.1 Å². The van der Waals surface area contributed by atoms with Crippen molar-refractivity contribution in [3.8, 4) is 5.75 Å². The molecule has 0 heterocycles. The van der Waals surface area contributed by atoms with Crippen LogP contribution in [0, 0.1) is 5.92 Å². The zero-order valence-electron chi connectivity index (χ0n) is 7.48. The molecule has 2 N–H and O–H groups in total. The molecule has 2 heteroatoms. The van der Waals surface area contributed by atoms with Crippen molar-refractivity contribution in [2.75, 3.05) is 0 Å². The lowest BCUT2D eigenvalue weighted by atomic mass is 10.0. The molecule has 70 valence electrons. The maximum absolute atomic E-state index is 9.65. The molecule has 13 heavy (non-hydrogen) atoms. The fourth-order valence-corrected chi connectivity index (χ4v) is 1.57. The van der Waals surface area contributed by atoms with E-state index in [9.17, 15) is 10.2 Å². The highest BCUT2D eigenvalue weighted by atomic mass is 16.3. The van der Waals surface area contributed by atoms with E-state index >= 15 is 0 Å². The van der Waals surface area contributed by atoms with Crippen molar-refractivity contribution in [3.63, 3.8) is 0 Å². The lowest BCUT2D eigenvalue weighted by Gasteiger charge is -2.08. The molecule has 1 unspecified atom stereocenters. The van der Waals surface area contributed by atoms with Crippen LogP contribution >= 0.6 is 0 Å². The lowest BCUT2D eigenvalue weighted by molar-refractivity contribution is 0.151. The maximum Gasteiger partial charge on any atom is 0.115 e. The summed E-state index contributed by atoms with van der Waals surface area (Å²) in [5, 5.41) is 18.9. The van der Waals surface area contributed by atoms with Gasteiger partial charge >= 0.3 is 0 Å². The molecule has 0 bridgehead atoms. The van der Waals surface area contributed by atoms with Crippen molar-refractivity contribution in [1.82, 2.24) is 0 Å². The van der Waals surface area contributed by atoms with Crippen LogP contribution in [-0.4, -0.2) is 16.3 Å².